The third-order valence-electron chi connectivity index (χ3n) is 4.41. The maximum Gasteiger partial charge on any atom is 0.263 e. The second kappa shape index (κ2) is 7.25. The van der Waals surface area contributed by atoms with E-state index >= 15 is 0 Å². The first-order valence-corrected chi connectivity index (χ1v) is 9.40. The molecule has 0 spiro atoms. The van der Waals surface area contributed by atoms with E-state index in [2.05, 4.69) is 16.4 Å². The molecule has 0 radical (unpaired) electrons. The molecule has 6 nitrogen and oxygen atoms in total. The SMILES string of the molecule is Cc1ccc(CNC(=O)c2sc3nc(N)c(C#N)c(C(C)C)c3c2N)cc1. The fourth-order valence-corrected chi connectivity index (χ4v) is 4.07. The van der Waals surface area contributed by atoms with Gasteiger partial charge < -0.3 is 16.8 Å². The van der Waals surface area contributed by atoms with Crippen LogP contribution < -0.4 is 16.8 Å². The van der Waals surface area contributed by atoms with Gasteiger partial charge in [0, 0.05) is 11.9 Å². The number of amides is 1. The molecule has 0 aliphatic rings. The normalized spacial score (nSPS) is 10.9. The number of nitrogens with zero attached hydrogens (tertiary/aromatic N) is 2. The van der Waals surface area contributed by atoms with Crippen LogP contribution in [-0.4, -0.2) is 10.9 Å². The van der Waals surface area contributed by atoms with Gasteiger partial charge in [0.05, 0.1) is 11.3 Å². The highest BCUT2D eigenvalue weighted by Gasteiger charge is 2.24. The quantitative estimate of drug-likeness (QED) is 0.639. The van der Waals surface area contributed by atoms with Crippen LogP contribution in [0.25, 0.3) is 10.2 Å². The lowest BCUT2D eigenvalue weighted by Gasteiger charge is -2.12. The standard InChI is InChI=1S/C20H21N5OS/c1-10(2)14-13(8-21)18(23)25-20-15(14)16(22)17(27-20)19(26)24-9-12-6-4-11(3)5-7-12/h4-7,10H,9,22H2,1-3H3,(H2,23,25)(H,24,26). The minimum absolute atomic E-state index is 0.0211. The molecular weight excluding hydrogens is 358 g/mol. The number of hydrogen-bond donors (Lipinski definition) is 3. The van der Waals surface area contributed by atoms with E-state index in [9.17, 15) is 10.1 Å². The Morgan fingerprint density at radius 2 is 1.96 bits per heavy atom. The highest BCUT2D eigenvalue weighted by atomic mass is 32.1. The highest BCUT2D eigenvalue weighted by Crippen LogP contribution is 2.40. The predicted octanol–water partition coefficient (Wildman–Crippen LogP) is 3.69. The first-order chi connectivity index (χ1) is 12.8. The number of nitrogens with one attached hydrogen (secondary N) is 1. The Balaban J connectivity index is 1.99. The average molecular weight is 379 g/mol. The van der Waals surface area contributed by atoms with Crippen molar-refractivity contribution < 1.29 is 4.79 Å². The highest BCUT2D eigenvalue weighted by molar-refractivity contribution is 7.21. The van der Waals surface area contributed by atoms with Crippen molar-refractivity contribution in [1.29, 1.82) is 5.26 Å². The number of pyridine rings is 1. The number of hydrogen-bond acceptors (Lipinski definition) is 6. The summed E-state index contributed by atoms with van der Waals surface area (Å²) in [5.74, 6) is -0.0720. The molecule has 5 N–H and O–H groups in total. The van der Waals surface area contributed by atoms with Gasteiger partial charge in [-0.25, -0.2) is 4.98 Å². The number of nitrogens with two attached hydrogens (primary N) is 2. The monoisotopic (exact) mass is 379 g/mol. The van der Waals surface area contributed by atoms with E-state index < -0.39 is 0 Å². The molecule has 0 bridgehead atoms. The lowest BCUT2D eigenvalue weighted by atomic mass is 9.95. The zero-order chi connectivity index (χ0) is 19.7. The van der Waals surface area contributed by atoms with Crippen LogP contribution >= 0.6 is 11.3 Å². The van der Waals surface area contributed by atoms with Crippen LogP contribution in [0.1, 0.15) is 51.7 Å². The van der Waals surface area contributed by atoms with Gasteiger partial charge in [-0.15, -0.1) is 11.3 Å². The summed E-state index contributed by atoms with van der Waals surface area (Å²) in [5, 5.41) is 13.0. The largest absolute Gasteiger partial charge is 0.397 e. The summed E-state index contributed by atoms with van der Waals surface area (Å²) in [7, 11) is 0. The molecule has 7 heteroatoms. The Kier molecular flexibility index (Phi) is 5.02. The van der Waals surface area contributed by atoms with Crippen molar-refractivity contribution in [3.05, 3.63) is 51.4 Å². The minimum Gasteiger partial charge on any atom is -0.397 e. The average Bonchev–Trinajstić information content (AvgIpc) is 2.95. The smallest absolute Gasteiger partial charge is 0.263 e. The lowest BCUT2D eigenvalue weighted by Crippen LogP contribution is -2.22. The van der Waals surface area contributed by atoms with Gasteiger partial charge in [0.15, 0.2) is 0 Å². The van der Waals surface area contributed by atoms with Crippen LogP contribution in [-0.2, 0) is 6.54 Å². The van der Waals surface area contributed by atoms with Crippen molar-refractivity contribution in [2.75, 3.05) is 11.5 Å². The van der Waals surface area contributed by atoms with Crippen molar-refractivity contribution >= 4 is 39.0 Å². The van der Waals surface area contributed by atoms with Gasteiger partial charge in [-0.05, 0) is 24.0 Å². The molecule has 0 atom stereocenters. The predicted molar refractivity (Wildman–Crippen MR) is 110 cm³/mol. The summed E-state index contributed by atoms with van der Waals surface area (Å²) in [6.07, 6.45) is 0. The molecule has 0 aliphatic heterocycles. The van der Waals surface area contributed by atoms with E-state index in [4.69, 9.17) is 11.5 Å². The number of rotatable bonds is 4. The Hall–Kier alpha value is -3.11. The van der Waals surface area contributed by atoms with Gasteiger partial charge in [-0.2, -0.15) is 5.26 Å². The van der Waals surface area contributed by atoms with E-state index in [0.29, 0.717) is 32.9 Å². The Morgan fingerprint density at radius 3 is 2.56 bits per heavy atom. The molecule has 1 aromatic carbocycles. The number of aromatic nitrogens is 1. The number of carbonyl (C=O) groups excluding carboxylic acids is 1. The zero-order valence-electron chi connectivity index (χ0n) is 15.5. The molecule has 138 valence electrons. The van der Waals surface area contributed by atoms with Crippen LogP contribution in [0, 0.1) is 18.3 Å². The van der Waals surface area contributed by atoms with E-state index in [1.165, 1.54) is 11.3 Å². The molecule has 1 amide bonds. The van der Waals surface area contributed by atoms with Crippen LogP contribution in [0.5, 0.6) is 0 Å². The molecule has 3 rings (SSSR count). The molecule has 0 unspecified atom stereocenters. The number of benzene rings is 1. The van der Waals surface area contributed by atoms with Crippen molar-refractivity contribution in [2.24, 2.45) is 0 Å². The number of nitriles is 1. The number of fused-ring (bicyclic) bond motifs is 1. The van der Waals surface area contributed by atoms with Crippen LogP contribution in [0.3, 0.4) is 0 Å². The van der Waals surface area contributed by atoms with Crippen molar-refractivity contribution in [3.63, 3.8) is 0 Å². The summed E-state index contributed by atoms with van der Waals surface area (Å²) >= 11 is 1.20. The van der Waals surface area contributed by atoms with Crippen LogP contribution in [0.4, 0.5) is 11.5 Å². The fourth-order valence-electron chi connectivity index (χ4n) is 3.03. The summed E-state index contributed by atoms with van der Waals surface area (Å²) in [6.45, 7) is 6.34. The van der Waals surface area contributed by atoms with Gasteiger partial charge >= 0.3 is 0 Å². The molecule has 0 aliphatic carbocycles. The third-order valence-corrected chi connectivity index (χ3v) is 5.51. The third kappa shape index (κ3) is 3.44. The summed E-state index contributed by atoms with van der Waals surface area (Å²) < 4.78 is 0. The number of anilines is 2. The van der Waals surface area contributed by atoms with Gasteiger partial charge in [0.2, 0.25) is 0 Å². The van der Waals surface area contributed by atoms with Crippen molar-refractivity contribution in [2.45, 2.75) is 33.2 Å². The molecule has 2 aromatic heterocycles. The van der Waals surface area contributed by atoms with Gasteiger partial charge in [0.1, 0.15) is 21.6 Å². The first-order valence-electron chi connectivity index (χ1n) is 8.58. The van der Waals surface area contributed by atoms with Crippen LogP contribution in [0.2, 0.25) is 0 Å². The molecule has 0 saturated heterocycles. The summed E-state index contributed by atoms with van der Waals surface area (Å²) in [6, 6.07) is 10.1. The first kappa shape index (κ1) is 18.7. The molecule has 27 heavy (non-hydrogen) atoms. The zero-order valence-corrected chi connectivity index (χ0v) is 16.3. The Morgan fingerprint density at radius 1 is 1.30 bits per heavy atom. The number of aryl methyl sites for hydroxylation is 1. The van der Waals surface area contributed by atoms with Gasteiger partial charge in [-0.3, -0.25) is 4.79 Å². The molecule has 0 fully saturated rings. The lowest BCUT2D eigenvalue weighted by molar-refractivity contribution is 0.0956. The summed E-state index contributed by atoms with van der Waals surface area (Å²) in [4.78, 5) is 18.0. The van der Waals surface area contributed by atoms with Gasteiger partial charge in [0.25, 0.3) is 5.91 Å². The Labute approximate surface area is 161 Å². The van der Waals surface area contributed by atoms with E-state index in [1.54, 1.807) is 0 Å². The van der Waals surface area contributed by atoms with Gasteiger partial charge in [-0.1, -0.05) is 43.7 Å². The second-order valence-electron chi connectivity index (χ2n) is 6.75. The van der Waals surface area contributed by atoms with E-state index in [-0.39, 0.29) is 17.6 Å². The number of thiophene rings is 1. The maximum atomic E-state index is 12.7. The van der Waals surface area contributed by atoms with Crippen molar-refractivity contribution in [1.82, 2.24) is 10.3 Å². The van der Waals surface area contributed by atoms with Crippen molar-refractivity contribution in [3.8, 4) is 6.07 Å². The number of nitrogen functional groups attached to an aromatic ring is 2. The molecular formula is C20H21N5OS. The van der Waals surface area contributed by atoms with E-state index in [1.807, 2.05) is 45.0 Å². The molecule has 0 saturated carbocycles. The second-order valence-corrected chi connectivity index (χ2v) is 7.74. The minimum atomic E-state index is -0.261. The van der Waals surface area contributed by atoms with E-state index in [0.717, 1.165) is 16.7 Å². The fraction of sp³-hybridized carbons (Fsp3) is 0.250. The topological polar surface area (TPSA) is 118 Å². The van der Waals surface area contributed by atoms with Crippen LogP contribution in [0.15, 0.2) is 24.3 Å². The maximum absolute atomic E-state index is 12.7. The molecule has 2 heterocycles. The number of carbonyl (C=O) groups is 1. The molecule has 3 aromatic rings. The Bertz CT molecular complexity index is 1060. The summed E-state index contributed by atoms with van der Waals surface area (Å²) in [5.41, 5.74) is 15.8.